The molecule has 0 bridgehead atoms. The summed E-state index contributed by atoms with van der Waals surface area (Å²) in [6.07, 6.45) is 7.72. The van der Waals surface area contributed by atoms with Gasteiger partial charge < -0.3 is 9.80 Å². The first-order valence-corrected chi connectivity index (χ1v) is 13.2. The average molecular weight is 491 g/mol. The summed E-state index contributed by atoms with van der Waals surface area (Å²) >= 11 is 0. The Labute approximate surface area is 211 Å². The van der Waals surface area contributed by atoms with Crippen LogP contribution in [0.5, 0.6) is 0 Å². The van der Waals surface area contributed by atoms with Crippen molar-refractivity contribution in [3.8, 4) is 0 Å². The smallest absolute Gasteiger partial charge is 0.269 e. The van der Waals surface area contributed by atoms with Gasteiger partial charge in [-0.05, 0) is 68.7 Å². The number of nitro groups is 1. The zero-order chi connectivity index (χ0) is 25.2. The van der Waals surface area contributed by atoms with Crippen molar-refractivity contribution in [1.82, 2.24) is 14.8 Å². The first-order valence-electron chi connectivity index (χ1n) is 13.2. The molecular weight excluding hydrogens is 456 g/mol. The maximum absolute atomic E-state index is 13.7. The van der Waals surface area contributed by atoms with Gasteiger partial charge in [-0.25, -0.2) is 0 Å². The van der Waals surface area contributed by atoms with Crippen LogP contribution in [0.15, 0.2) is 36.4 Å². The van der Waals surface area contributed by atoms with Gasteiger partial charge in [0, 0.05) is 55.5 Å². The number of non-ortho nitro benzene ring substituents is 1. The molecule has 0 spiro atoms. The second-order valence-corrected chi connectivity index (χ2v) is 10.6. The van der Waals surface area contributed by atoms with Gasteiger partial charge in [-0.3, -0.25) is 24.7 Å². The fourth-order valence-electron chi connectivity index (χ4n) is 6.29. The molecule has 2 saturated heterocycles. The quantitative estimate of drug-likeness (QED) is 0.445. The highest BCUT2D eigenvalue weighted by Crippen LogP contribution is 2.37. The van der Waals surface area contributed by atoms with E-state index in [-0.39, 0.29) is 23.4 Å². The molecule has 1 aromatic carbocycles. The number of hydrogen-bond acceptors (Lipinski definition) is 5. The lowest BCUT2D eigenvalue weighted by Gasteiger charge is -2.41. The van der Waals surface area contributed by atoms with Crippen LogP contribution in [0.2, 0.25) is 0 Å². The highest BCUT2D eigenvalue weighted by Gasteiger charge is 2.35. The fourth-order valence-corrected chi connectivity index (χ4v) is 6.29. The van der Waals surface area contributed by atoms with Crippen molar-refractivity contribution in [1.29, 1.82) is 0 Å². The van der Waals surface area contributed by atoms with Crippen molar-refractivity contribution in [2.45, 2.75) is 57.8 Å². The number of carbonyl (C=O) groups is 2. The van der Waals surface area contributed by atoms with Crippen molar-refractivity contribution in [2.75, 3.05) is 26.2 Å². The predicted molar refractivity (Wildman–Crippen MR) is 136 cm³/mol. The largest absolute Gasteiger partial charge is 0.339 e. The van der Waals surface area contributed by atoms with Crippen LogP contribution in [-0.4, -0.2) is 57.7 Å². The maximum atomic E-state index is 13.7. The molecule has 1 aliphatic carbocycles. The fraction of sp³-hybridized carbons (Fsp3) is 0.536. The van der Waals surface area contributed by atoms with Crippen LogP contribution in [0, 0.1) is 28.9 Å². The summed E-state index contributed by atoms with van der Waals surface area (Å²) in [4.78, 5) is 45.7. The summed E-state index contributed by atoms with van der Waals surface area (Å²) in [6.45, 7) is 4.78. The molecule has 2 aliphatic heterocycles. The number of piperidine rings is 2. The van der Waals surface area contributed by atoms with E-state index >= 15 is 0 Å². The third kappa shape index (κ3) is 4.99. The van der Waals surface area contributed by atoms with Crippen LogP contribution in [0.4, 0.5) is 5.69 Å². The molecular formula is C28H34N4O4. The van der Waals surface area contributed by atoms with Crippen LogP contribution < -0.4 is 0 Å². The summed E-state index contributed by atoms with van der Waals surface area (Å²) in [7, 11) is 0. The Morgan fingerprint density at radius 2 is 1.53 bits per heavy atom. The van der Waals surface area contributed by atoms with E-state index < -0.39 is 4.92 Å². The lowest BCUT2D eigenvalue weighted by atomic mass is 9.75. The second kappa shape index (κ2) is 10.4. The van der Waals surface area contributed by atoms with E-state index in [9.17, 15) is 19.7 Å². The number of hydrogen-bond donors (Lipinski definition) is 0. The summed E-state index contributed by atoms with van der Waals surface area (Å²) in [5, 5.41) is 10.9. The Balaban J connectivity index is 1.27. The molecule has 2 amide bonds. The first kappa shape index (κ1) is 24.4. The third-order valence-corrected chi connectivity index (χ3v) is 8.37. The van der Waals surface area contributed by atoms with Crippen molar-refractivity contribution < 1.29 is 14.5 Å². The minimum atomic E-state index is -0.467. The molecule has 2 atom stereocenters. The maximum Gasteiger partial charge on any atom is 0.269 e. The summed E-state index contributed by atoms with van der Waals surface area (Å²) in [6, 6.07) is 9.63. The molecule has 190 valence electrons. The molecule has 0 radical (unpaired) electrons. The Hall–Kier alpha value is -3.29. The number of carbonyl (C=O) groups excluding carboxylic acids is 2. The predicted octanol–water partition coefficient (Wildman–Crippen LogP) is 4.97. The van der Waals surface area contributed by atoms with E-state index in [4.69, 9.17) is 4.98 Å². The minimum Gasteiger partial charge on any atom is -0.339 e. The normalized spacial score (nSPS) is 22.7. The number of pyridine rings is 1. The standard InChI is InChI=1S/C28H34N4O4/c1-19-6-11-25(28(34)31-17-12-20-4-2-3-5-23(20)18-31)26(29-19)21-13-15-30(16-14-21)27(33)22-7-9-24(10-8-22)32(35)36/h6-11,20-21,23H,2-5,12-18H2,1H3. The third-order valence-electron chi connectivity index (χ3n) is 8.37. The van der Waals surface area contributed by atoms with E-state index in [2.05, 4.69) is 4.90 Å². The molecule has 2 aromatic rings. The van der Waals surface area contributed by atoms with E-state index in [1.54, 1.807) is 4.90 Å². The summed E-state index contributed by atoms with van der Waals surface area (Å²) in [5.74, 6) is 1.51. The Morgan fingerprint density at radius 3 is 2.22 bits per heavy atom. The lowest BCUT2D eigenvalue weighted by molar-refractivity contribution is -0.384. The van der Waals surface area contributed by atoms with Gasteiger partial charge in [0.05, 0.1) is 16.2 Å². The zero-order valence-corrected chi connectivity index (χ0v) is 20.9. The molecule has 8 heteroatoms. The van der Waals surface area contributed by atoms with Gasteiger partial charge in [0.15, 0.2) is 0 Å². The Bertz CT molecular complexity index is 1140. The monoisotopic (exact) mass is 490 g/mol. The number of nitrogens with zero attached hydrogens (tertiary/aromatic N) is 4. The van der Waals surface area contributed by atoms with Crippen molar-refractivity contribution in [3.05, 3.63) is 69.0 Å². The number of likely N-dealkylation sites (tertiary alicyclic amines) is 2. The highest BCUT2D eigenvalue weighted by atomic mass is 16.6. The molecule has 3 fully saturated rings. The molecule has 3 aliphatic rings. The molecule has 3 heterocycles. The van der Waals surface area contributed by atoms with Crippen LogP contribution in [0.3, 0.4) is 0 Å². The Morgan fingerprint density at radius 1 is 0.861 bits per heavy atom. The molecule has 2 unspecified atom stereocenters. The van der Waals surface area contributed by atoms with E-state index in [0.29, 0.717) is 24.6 Å². The van der Waals surface area contributed by atoms with E-state index in [1.807, 2.05) is 19.1 Å². The number of rotatable bonds is 4. The molecule has 8 nitrogen and oxygen atoms in total. The van der Waals surface area contributed by atoms with Gasteiger partial charge in [0.2, 0.25) is 0 Å². The molecule has 1 aromatic heterocycles. The number of fused-ring (bicyclic) bond motifs is 1. The van der Waals surface area contributed by atoms with Gasteiger partial charge in [-0.2, -0.15) is 0 Å². The van der Waals surface area contributed by atoms with Crippen LogP contribution in [-0.2, 0) is 0 Å². The lowest BCUT2D eigenvalue weighted by Crippen LogP contribution is -2.45. The molecule has 0 N–H and O–H groups in total. The summed E-state index contributed by atoms with van der Waals surface area (Å²) in [5.41, 5.74) is 2.91. The number of aryl methyl sites for hydroxylation is 1. The molecule has 5 rings (SSSR count). The summed E-state index contributed by atoms with van der Waals surface area (Å²) < 4.78 is 0. The Kier molecular flexibility index (Phi) is 7.03. The van der Waals surface area contributed by atoms with E-state index in [0.717, 1.165) is 55.2 Å². The van der Waals surface area contributed by atoms with Crippen LogP contribution >= 0.6 is 0 Å². The van der Waals surface area contributed by atoms with Gasteiger partial charge in [-0.1, -0.05) is 19.3 Å². The SMILES string of the molecule is Cc1ccc(C(=O)N2CCC3CCCCC3C2)c(C2CCN(C(=O)c3ccc([N+](=O)[O-])cc3)CC2)n1. The van der Waals surface area contributed by atoms with Gasteiger partial charge >= 0.3 is 0 Å². The zero-order valence-electron chi connectivity index (χ0n) is 20.9. The van der Waals surface area contributed by atoms with Gasteiger partial charge in [0.1, 0.15) is 0 Å². The van der Waals surface area contributed by atoms with E-state index in [1.165, 1.54) is 49.9 Å². The van der Waals surface area contributed by atoms with Crippen molar-refractivity contribution in [2.24, 2.45) is 11.8 Å². The topological polar surface area (TPSA) is 96.7 Å². The van der Waals surface area contributed by atoms with Crippen molar-refractivity contribution in [3.63, 3.8) is 0 Å². The average Bonchev–Trinajstić information content (AvgIpc) is 2.92. The van der Waals surface area contributed by atoms with Crippen LogP contribution in [0.1, 0.15) is 83.0 Å². The highest BCUT2D eigenvalue weighted by molar-refractivity contribution is 5.96. The number of nitro benzene ring substituents is 1. The number of amides is 2. The first-order chi connectivity index (χ1) is 17.4. The molecule has 36 heavy (non-hydrogen) atoms. The van der Waals surface area contributed by atoms with Gasteiger partial charge in [0.25, 0.3) is 17.5 Å². The van der Waals surface area contributed by atoms with Crippen molar-refractivity contribution >= 4 is 17.5 Å². The number of aromatic nitrogens is 1. The molecule has 1 saturated carbocycles. The van der Waals surface area contributed by atoms with Crippen LogP contribution in [0.25, 0.3) is 0 Å². The van der Waals surface area contributed by atoms with Gasteiger partial charge in [-0.15, -0.1) is 0 Å². The minimum absolute atomic E-state index is 0.0271. The number of benzene rings is 1. The second-order valence-electron chi connectivity index (χ2n) is 10.6.